The molecule has 0 aliphatic carbocycles. The minimum absolute atomic E-state index is 0.131. The number of likely N-dealkylation sites (N-methyl/N-ethyl adjacent to an activating group) is 1. The van der Waals surface area contributed by atoms with Gasteiger partial charge in [-0.15, -0.1) is 0 Å². The van der Waals surface area contributed by atoms with E-state index in [0.29, 0.717) is 25.9 Å². The van der Waals surface area contributed by atoms with E-state index < -0.39 is 25.2 Å². The largest absolute Gasteiger partial charge is 0.437 e. The van der Waals surface area contributed by atoms with Gasteiger partial charge in [0.2, 0.25) is 6.17 Å². The fourth-order valence-corrected chi connectivity index (χ4v) is 19.8. The predicted octanol–water partition coefficient (Wildman–Crippen LogP) is 5.74. The van der Waals surface area contributed by atoms with Crippen LogP contribution in [0.25, 0.3) is 0 Å². The molecular formula is C31H55N6O5Si3+. The zero-order valence-corrected chi connectivity index (χ0v) is 31.4. The highest BCUT2D eigenvalue weighted by atomic mass is 28.5. The second kappa shape index (κ2) is 16.3. The van der Waals surface area contributed by atoms with Gasteiger partial charge in [-0.1, -0.05) is 36.4 Å². The molecule has 250 valence electrons. The lowest BCUT2D eigenvalue weighted by atomic mass is 10.3. The summed E-state index contributed by atoms with van der Waals surface area (Å²) in [5.74, 6) is 0. The van der Waals surface area contributed by atoms with Gasteiger partial charge in [-0.3, -0.25) is 9.80 Å². The molecule has 45 heavy (non-hydrogen) atoms. The Bertz CT molecular complexity index is 1220. The summed E-state index contributed by atoms with van der Waals surface area (Å²) in [6.07, 6.45) is 1.69. The van der Waals surface area contributed by atoms with Crippen molar-refractivity contribution in [1.82, 2.24) is 15.7 Å². The first-order valence-corrected chi connectivity index (χ1v) is 25.0. The first-order chi connectivity index (χ1) is 21.1. The van der Waals surface area contributed by atoms with Crippen molar-refractivity contribution in [2.75, 3.05) is 56.6 Å². The molecule has 1 aliphatic heterocycles. The minimum atomic E-state index is -2.49. The van der Waals surface area contributed by atoms with Crippen molar-refractivity contribution in [2.24, 2.45) is 0 Å². The van der Waals surface area contributed by atoms with Gasteiger partial charge in [0.25, 0.3) is 0 Å². The first kappa shape index (κ1) is 36.9. The maximum absolute atomic E-state index is 13.3. The standard InChI is InChI=1S/C31H54N6O5Si3/c1-9-40-32-21-22-36(31(39)34-28-19-14-11-15-20-28)26-44(5,6)42-45(7,8)41-43(3,4)24-16-23-37(2)25-29(37)35-30(38)33-27-17-12-10-13-18-27/h10-15,17-20,29,32H,9,16,21-26H2,1-8H3,(H2-,33,34,35,38,39)/p+1. The smallest absolute Gasteiger partial charge is 0.323 e. The van der Waals surface area contributed by atoms with Crippen LogP contribution in [0.2, 0.25) is 45.3 Å². The molecule has 3 rings (SSSR count). The van der Waals surface area contributed by atoms with E-state index in [2.05, 4.69) is 67.8 Å². The van der Waals surface area contributed by atoms with Crippen LogP contribution in [0.3, 0.4) is 0 Å². The molecule has 0 radical (unpaired) electrons. The average molecular weight is 676 g/mol. The molecule has 4 amide bonds. The molecular weight excluding hydrogens is 621 g/mol. The molecule has 2 unspecified atom stereocenters. The highest BCUT2D eigenvalue weighted by Crippen LogP contribution is 2.29. The van der Waals surface area contributed by atoms with Crippen LogP contribution in [0, 0.1) is 0 Å². The Kier molecular flexibility index (Phi) is 13.4. The number of carbonyl (C=O) groups excluding carboxylic acids is 2. The molecule has 0 spiro atoms. The summed E-state index contributed by atoms with van der Waals surface area (Å²) in [7, 11) is -4.67. The number of urea groups is 2. The number of amides is 4. The van der Waals surface area contributed by atoms with Crippen LogP contribution in [-0.4, -0.2) is 98.8 Å². The zero-order chi connectivity index (χ0) is 33.1. The zero-order valence-electron chi connectivity index (χ0n) is 28.4. The van der Waals surface area contributed by atoms with Crippen molar-refractivity contribution in [3.63, 3.8) is 0 Å². The average Bonchev–Trinajstić information content (AvgIpc) is 3.57. The fourth-order valence-electron chi connectivity index (χ4n) is 5.73. The molecule has 0 saturated carbocycles. The molecule has 1 heterocycles. The normalized spacial score (nSPS) is 18.3. The monoisotopic (exact) mass is 675 g/mol. The predicted molar refractivity (Wildman–Crippen MR) is 189 cm³/mol. The molecule has 1 fully saturated rings. The number of hydrogen-bond acceptors (Lipinski definition) is 6. The van der Waals surface area contributed by atoms with Gasteiger partial charge < -0.3 is 28.6 Å². The van der Waals surface area contributed by atoms with Crippen molar-refractivity contribution in [2.45, 2.75) is 64.8 Å². The van der Waals surface area contributed by atoms with Gasteiger partial charge in [-0.25, -0.2) is 15.1 Å². The Morgan fingerprint density at radius 1 is 0.889 bits per heavy atom. The van der Waals surface area contributed by atoms with Gasteiger partial charge in [0.1, 0.15) is 0 Å². The number of quaternary nitrogens is 1. The van der Waals surface area contributed by atoms with Crippen LogP contribution in [-0.2, 0) is 13.1 Å². The summed E-state index contributed by atoms with van der Waals surface area (Å²) in [6, 6.07) is 19.7. The van der Waals surface area contributed by atoms with E-state index >= 15 is 0 Å². The molecule has 4 N–H and O–H groups in total. The second-order valence-electron chi connectivity index (χ2n) is 13.6. The number of hydrogen-bond donors (Lipinski definition) is 4. The van der Waals surface area contributed by atoms with Gasteiger partial charge in [0.15, 0.2) is 23.2 Å². The van der Waals surface area contributed by atoms with E-state index in [1.165, 1.54) is 0 Å². The van der Waals surface area contributed by atoms with Gasteiger partial charge in [0, 0.05) is 30.6 Å². The summed E-state index contributed by atoms with van der Waals surface area (Å²) >= 11 is 0. The lowest BCUT2D eigenvalue weighted by Gasteiger charge is -2.40. The molecule has 14 heteroatoms. The summed E-state index contributed by atoms with van der Waals surface area (Å²) in [5, 5.41) is 9.03. The van der Waals surface area contributed by atoms with Crippen LogP contribution < -0.4 is 21.4 Å². The number of rotatable bonds is 18. The second-order valence-corrected chi connectivity index (χ2v) is 25.9. The molecule has 1 aliphatic rings. The van der Waals surface area contributed by atoms with Crippen LogP contribution in [0.4, 0.5) is 21.0 Å². The summed E-state index contributed by atoms with van der Waals surface area (Å²) < 4.78 is 14.5. The number of benzene rings is 2. The molecule has 2 atom stereocenters. The number of carbonyl (C=O) groups is 2. The quantitative estimate of drug-likeness (QED) is 0.0527. The van der Waals surface area contributed by atoms with Crippen molar-refractivity contribution >= 4 is 48.6 Å². The number of anilines is 2. The van der Waals surface area contributed by atoms with Gasteiger partial charge in [-0.05, 0) is 82.9 Å². The van der Waals surface area contributed by atoms with E-state index in [1.807, 2.05) is 72.5 Å². The third-order valence-corrected chi connectivity index (χ3v) is 18.7. The lowest BCUT2D eigenvalue weighted by molar-refractivity contribution is -0.793. The molecule has 0 bridgehead atoms. The van der Waals surface area contributed by atoms with Gasteiger partial charge in [-0.2, -0.15) is 0 Å². The van der Waals surface area contributed by atoms with E-state index in [9.17, 15) is 9.59 Å². The highest BCUT2D eigenvalue weighted by molar-refractivity contribution is 6.88. The molecule has 11 nitrogen and oxygen atoms in total. The van der Waals surface area contributed by atoms with E-state index in [0.717, 1.165) is 41.4 Å². The molecule has 2 aromatic carbocycles. The maximum atomic E-state index is 13.3. The number of para-hydroxylation sites is 2. The first-order valence-electron chi connectivity index (χ1n) is 15.9. The molecule has 1 saturated heterocycles. The minimum Gasteiger partial charge on any atom is -0.437 e. The maximum Gasteiger partial charge on any atom is 0.323 e. The number of nitrogens with zero attached hydrogens (tertiary/aromatic N) is 2. The third-order valence-electron chi connectivity index (χ3n) is 7.64. The number of hydroxylamine groups is 1. The van der Waals surface area contributed by atoms with E-state index in [1.54, 1.807) is 0 Å². The summed E-state index contributed by atoms with van der Waals surface area (Å²) in [5.41, 5.74) is 4.47. The van der Waals surface area contributed by atoms with Crippen molar-refractivity contribution in [1.29, 1.82) is 0 Å². The van der Waals surface area contributed by atoms with E-state index in [4.69, 9.17) is 13.1 Å². The Morgan fingerprint density at radius 2 is 1.47 bits per heavy atom. The lowest BCUT2D eigenvalue weighted by Crippen LogP contribution is -2.57. The summed E-state index contributed by atoms with van der Waals surface area (Å²) in [6.45, 7) is 18.5. The van der Waals surface area contributed by atoms with Crippen molar-refractivity contribution in [3.8, 4) is 0 Å². The van der Waals surface area contributed by atoms with E-state index in [-0.39, 0.29) is 18.2 Å². The molecule has 0 aromatic heterocycles. The van der Waals surface area contributed by atoms with Crippen molar-refractivity contribution in [3.05, 3.63) is 60.7 Å². The Labute approximate surface area is 273 Å². The van der Waals surface area contributed by atoms with Crippen LogP contribution in [0.5, 0.6) is 0 Å². The van der Waals surface area contributed by atoms with Gasteiger partial charge in [0.05, 0.1) is 20.2 Å². The van der Waals surface area contributed by atoms with Crippen LogP contribution in [0.15, 0.2) is 60.7 Å². The highest BCUT2D eigenvalue weighted by Gasteiger charge is 2.52. The van der Waals surface area contributed by atoms with Gasteiger partial charge >= 0.3 is 20.6 Å². The Morgan fingerprint density at radius 3 is 2.07 bits per heavy atom. The SMILES string of the molecule is CCONCCN(C[Si](C)(C)O[Si](C)(C)O[Si](C)(C)CCC[N+]1(C)CC1NC(=O)Nc1ccccc1)C(=O)Nc1ccccc1. The van der Waals surface area contributed by atoms with Crippen LogP contribution >= 0.6 is 0 Å². The molecule has 2 aromatic rings. The fraction of sp³-hybridized carbons (Fsp3) is 0.548. The summed E-state index contributed by atoms with van der Waals surface area (Å²) in [4.78, 5) is 32.8. The Hall–Kier alpha value is -2.57. The topological polar surface area (TPSA) is 113 Å². The Balaban J connectivity index is 1.48. The van der Waals surface area contributed by atoms with Crippen LogP contribution in [0.1, 0.15) is 13.3 Å². The number of nitrogens with one attached hydrogen (secondary N) is 4. The third kappa shape index (κ3) is 13.4. The van der Waals surface area contributed by atoms with Crippen molar-refractivity contribution < 1.29 is 27.1 Å².